The second-order valence-electron chi connectivity index (χ2n) is 3.44. The van der Waals surface area contributed by atoms with Gasteiger partial charge in [0.15, 0.2) is 0 Å². The van der Waals surface area contributed by atoms with Crippen molar-refractivity contribution < 1.29 is 13.6 Å². The van der Waals surface area contributed by atoms with Crippen molar-refractivity contribution in [1.29, 1.82) is 0 Å². The SMILES string of the molecule is O=C(Nc1cc(F)c(Br)cc1F)c1cccnc1. The Kier molecular flexibility index (Phi) is 3.66. The third kappa shape index (κ3) is 2.70. The third-order valence-electron chi connectivity index (χ3n) is 2.18. The molecule has 2 rings (SSSR count). The number of halogens is 3. The molecule has 0 saturated heterocycles. The lowest BCUT2D eigenvalue weighted by Gasteiger charge is -2.07. The Hall–Kier alpha value is -1.82. The summed E-state index contributed by atoms with van der Waals surface area (Å²) in [4.78, 5) is 15.5. The van der Waals surface area contributed by atoms with Gasteiger partial charge in [-0.25, -0.2) is 8.78 Å². The van der Waals surface area contributed by atoms with Gasteiger partial charge in [-0.05, 0) is 34.1 Å². The lowest BCUT2D eigenvalue weighted by molar-refractivity contribution is 0.102. The van der Waals surface area contributed by atoms with Gasteiger partial charge in [0.2, 0.25) is 0 Å². The number of carbonyl (C=O) groups excluding carboxylic acids is 1. The van der Waals surface area contributed by atoms with E-state index >= 15 is 0 Å². The van der Waals surface area contributed by atoms with Crippen LogP contribution in [0.25, 0.3) is 0 Å². The minimum atomic E-state index is -0.722. The van der Waals surface area contributed by atoms with E-state index in [1.807, 2.05) is 0 Å². The first-order valence-corrected chi connectivity index (χ1v) is 5.73. The second kappa shape index (κ2) is 5.22. The number of carbonyl (C=O) groups is 1. The fraction of sp³-hybridized carbons (Fsp3) is 0. The van der Waals surface area contributed by atoms with Crippen LogP contribution in [0.15, 0.2) is 41.1 Å². The van der Waals surface area contributed by atoms with Crippen molar-refractivity contribution in [3.05, 3.63) is 58.3 Å². The van der Waals surface area contributed by atoms with Crippen molar-refractivity contribution in [2.24, 2.45) is 0 Å². The number of hydrogen-bond donors (Lipinski definition) is 1. The van der Waals surface area contributed by atoms with Crippen molar-refractivity contribution >= 4 is 27.5 Å². The summed E-state index contributed by atoms with van der Waals surface area (Å²) < 4.78 is 26.7. The molecule has 2 aromatic rings. The molecule has 0 radical (unpaired) electrons. The summed E-state index contributed by atoms with van der Waals surface area (Å²) in [6.45, 7) is 0. The molecule has 6 heteroatoms. The predicted octanol–water partition coefficient (Wildman–Crippen LogP) is 3.37. The maximum absolute atomic E-state index is 13.5. The molecule has 0 spiro atoms. The van der Waals surface area contributed by atoms with Gasteiger partial charge in [-0.15, -0.1) is 0 Å². The van der Waals surface area contributed by atoms with E-state index in [-0.39, 0.29) is 15.7 Å². The van der Waals surface area contributed by atoms with Crippen molar-refractivity contribution in [2.75, 3.05) is 5.32 Å². The average Bonchev–Trinajstić information content (AvgIpc) is 2.37. The molecule has 18 heavy (non-hydrogen) atoms. The average molecular weight is 313 g/mol. The minimum Gasteiger partial charge on any atom is -0.319 e. The second-order valence-corrected chi connectivity index (χ2v) is 4.30. The number of nitrogens with one attached hydrogen (secondary N) is 1. The highest BCUT2D eigenvalue weighted by atomic mass is 79.9. The molecule has 0 saturated carbocycles. The molecule has 0 fully saturated rings. The Morgan fingerprint density at radius 2 is 2.06 bits per heavy atom. The zero-order chi connectivity index (χ0) is 13.1. The van der Waals surface area contributed by atoms with Gasteiger partial charge in [-0.1, -0.05) is 0 Å². The van der Waals surface area contributed by atoms with Gasteiger partial charge in [-0.2, -0.15) is 0 Å². The number of benzene rings is 1. The summed E-state index contributed by atoms with van der Waals surface area (Å²) in [5, 5.41) is 2.28. The van der Waals surface area contributed by atoms with E-state index in [9.17, 15) is 13.6 Å². The first-order chi connectivity index (χ1) is 8.58. The summed E-state index contributed by atoms with van der Waals surface area (Å²) in [6, 6.07) is 4.96. The maximum atomic E-state index is 13.5. The molecule has 1 N–H and O–H groups in total. The Labute approximate surface area is 110 Å². The highest BCUT2D eigenvalue weighted by molar-refractivity contribution is 9.10. The topological polar surface area (TPSA) is 42.0 Å². The molecule has 0 bridgehead atoms. The van der Waals surface area contributed by atoms with E-state index in [1.165, 1.54) is 18.5 Å². The first-order valence-electron chi connectivity index (χ1n) is 4.94. The summed E-state index contributed by atoms with van der Waals surface area (Å²) in [6.07, 6.45) is 2.85. The van der Waals surface area contributed by atoms with Crippen molar-refractivity contribution in [1.82, 2.24) is 4.98 Å². The number of amides is 1. The quantitative estimate of drug-likeness (QED) is 0.864. The zero-order valence-electron chi connectivity index (χ0n) is 8.95. The van der Waals surface area contributed by atoms with Gasteiger partial charge in [0, 0.05) is 18.5 Å². The molecule has 1 aromatic carbocycles. The van der Waals surface area contributed by atoms with Crippen LogP contribution >= 0.6 is 15.9 Å². The molecule has 1 aromatic heterocycles. The fourth-order valence-corrected chi connectivity index (χ4v) is 1.63. The zero-order valence-corrected chi connectivity index (χ0v) is 10.5. The van der Waals surface area contributed by atoms with Crippen LogP contribution in [0.2, 0.25) is 0 Å². The van der Waals surface area contributed by atoms with Crippen molar-refractivity contribution in [2.45, 2.75) is 0 Å². The standard InChI is InChI=1S/C12H7BrF2N2O/c13-8-4-10(15)11(5-9(8)14)17-12(18)7-2-1-3-16-6-7/h1-6H,(H,17,18). The minimum absolute atomic E-state index is 0.000577. The molecule has 0 aliphatic heterocycles. The molecule has 1 amide bonds. The van der Waals surface area contributed by atoms with Gasteiger partial charge in [0.25, 0.3) is 5.91 Å². The Morgan fingerprint density at radius 1 is 1.28 bits per heavy atom. The normalized spacial score (nSPS) is 10.2. The van der Waals surface area contributed by atoms with E-state index in [1.54, 1.807) is 6.07 Å². The highest BCUT2D eigenvalue weighted by Crippen LogP contribution is 2.23. The fourth-order valence-electron chi connectivity index (χ4n) is 1.31. The van der Waals surface area contributed by atoms with Gasteiger partial charge < -0.3 is 5.32 Å². The van der Waals surface area contributed by atoms with Crippen LogP contribution in [-0.4, -0.2) is 10.9 Å². The molecule has 1 heterocycles. The van der Waals surface area contributed by atoms with Gasteiger partial charge in [0.05, 0.1) is 15.7 Å². The smallest absolute Gasteiger partial charge is 0.257 e. The van der Waals surface area contributed by atoms with Crippen LogP contribution in [0.5, 0.6) is 0 Å². The summed E-state index contributed by atoms with van der Waals surface area (Å²) in [5.41, 5.74) is 0.0461. The van der Waals surface area contributed by atoms with Gasteiger partial charge >= 0.3 is 0 Å². The van der Waals surface area contributed by atoms with Crippen molar-refractivity contribution in [3.8, 4) is 0 Å². The Balaban J connectivity index is 2.25. The molecule has 0 atom stereocenters. The lowest BCUT2D eigenvalue weighted by atomic mass is 10.2. The van der Waals surface area contributed by atoms with Crippen molar-refractivity contribution in [3.63, 3.8) is 0 Å². The molecule has 0 unspecified atom stereocenters. The van der Waals surface area contributed by atoms with E-state index in [4.69, 9.17) is 0 Å². The number of rotatable bonds is 2. The van der Waals surface area contributed by atoms with Crippen LogP contribution in [0.1, 0.15) is 10.4 Å². The van der Waals surface area contributed by atoms with Crippen LogP contribution in [0.4, 0.5) is 14.5 Å². The van der Waals surface area contributed by atoms with E-state index in [0.717, 1.165) is 12.1 Å². The number of aromatic nitrogens is 1. The van der Waals surface area contributed by atoms with E-state index in [2.05, 4.69) is 26.2 Å². The number of nitrogens with zero attached hydrogens (tertiary/aromatic N) is 1. The van der Waals surface area contributed by atoms with Crippen LogP contribution in [0, 0.1) is 11.6 Å². The molecular weight excluding hydrogens is 306 g/mol. The van der Waals surface area contributed by atoms with E-state index in [0.29, 0.717) is 0 Å². The number of anilines is 1. The number of hydrogen-bond acceptors (Lipinski definition) is 2. The predicted molar refractivity (Wildman–Crippen MR) is 66.2 cm³/mol. The van der Waals surface area contributed by atoms with Gasteiger partial charge in [0.1, 0.15) is 11.6 Å². The first kappa shape index (κ1) is 12.6. The van der Waals surface area contributed by atoms with Crippen LogP contribution < -0.4 is 5.32 Å². The van der Waals surface area contributed by atoms with E-state index < -0.39 is 17.5 Å². The Bertz CT molecular complexity index is 590. The third-order valence-corrected chi connectivity index (χ3v) is 2.79. The molecule has 0 aliphatic carbocycles. The van der Waals surface area contributed by atoms with Crippen LogP contribution in [0.3, 0.4) is 0 Å². The maximum Gasteiger partial charge on any atom is 0.257 e. The monoisotopic (exact) mass is 312 g/mol. The summed E-state index contributed by atoms with van der Waals surface area (Å²) >= 11 is 2.85. The highest BCUT2D eigenvalue weighted by Gasteiger charge is 2.12. The Morgan fingerprint density at radius 3 is 2.72 bits per heavy atom. The van der Waals surface area contributed by atoms with Crippen LogP contribution in [-0.2, 0) is 0 Å². The van der Waals surface area contributed by atoms with Gasteiger partial charge in [-0.3, -0.25) is 9.78 Å². The summed E-state index contributed by atoms with van der Waals surface area (Å²) in [7, 11) is 0. The largest absolute Gasteiger partial charge is 0.319 e. The summed E-state index contributed by atoms with van der Waals surface area (Å²) in [5.74, 6) is -1.93. The number of pyridine rings is 1. The molecule has 92 valence electrons. The molecule has 3 nitrogen and oxygen atoms in total. The lowest BCUT2D eigenvalue weighted by Crippen LogP contribution is -2.13. The molecule has 0 aliphatic rings. The molecular formula is C12H7BrF2N2O.